The molecule has 0 spiro atoms. The van der Waals surface area contributed by atoms with Crippen molar-refractivity contribution in [1.29, 1.82) is 0 Å². The number of carbonyl (C=O) groups is 3. The summed E-state index contributed by atoms with van der Waals surface area (Å²) < 4.78 is 0. The number of hydrogen-bond donors (Lipinski definition) is 2. The summed E-state index contributed by atoms with van der Waals surface area (Å²) >= 11 is 1.37. The van der Waals surface area contributed by atoms with Gasteiger partial charge in [-0.15, -0.1) is 11.3 Å². The highest BCUT2D eigenvalue weighted by Crippen LogP contribution is 2.25. The standard InChI is InChI=1S/C25H32N4O3S/c1-18-7-9-20(10-8-18)26-25(32)29-15-11-19(12-16-29)22(24(31)28-13-3-2-4-14-28)27-23(30)21-6-5-17-33-21/h5-10,17,19,22H,2-4,11-16H2,1H3,(H,26,32)(H,27,30)/t22-/m1/s1. The van der Waals surface area contributed by atoms with Gasteiger partial charge in [-0.1, -0.05) is 23.8 Å². The van der Waals surface area contributed by atoms with Crippen LogP contribution >= 0.6 is 11.3 Å². The van der Waals surface area contributed by atoms with Crippen LogP contribution in [0.3, 0.4) is 0 Å². The molecule has 3 heterocycles. The molecule has 2 saturated heterocycles. The van der Waals surface area contributed by atoms with Crippen molar-refractivity contribution in [1.82, 2.24) is 15.1 Å². The van der Waals surface area contributed by atoms with Gasteiger partial charge in [0.25, 0.3) is 5.91 Å². The Morgan fingerprint density at radius 1 is 0.939 bits per heavy atom. The molecule has 0 radical (unpaired) electrons. The average Bonchev–Trinajstić information content (AvgIpc) is 3.39. The maximum Gasteiger partial charge on any atom is 0.321 e. The predicted octanol–water partition coefficient (Wildman–Crippen LogP) is 4.11. The van der Waals surface area contributed by atoms with Crippen molar-refractivity contribution >= 4 is 34.9 Å². The Kier molecular flexibility index (Phi) is 7.65. The maximum atomic E-state index is 13.4. The molecular formula is C25H32N4O3S. The van der Waals surface area contributed by atoms with E-state index in [2.05, 4.69) is 10.6 Å². The largest absolute Gasteiger partial charge is 0.341 e. The number of nitrogens with one attached hydrogen (secondary N) is 2. The van der Waals surface area contributed by atoms with Crippen molar-refractivity contribution in [3.05, 3.63) is 52.2 Å². The van der Waals surface area contributed by atoms with Crippen LogP contribution in [-0.4, -0.2) is 59.9 Å². The van der Waals surface area contributed by atoms with Gasteiger partial charge in [-0.25, -0.2) is 4.79 Å². The molecule has 1 atom stereocenters. The summed E-state index contributed by atoms with van der Waals surface area (Å²) in [6, 6.07) is 10.7. The molecule has 2 N–H and O–H groups in total. The van der Waals surface area contributed by atoms with Gasteiger partial charge < -0.3 is 20.4 Å². The molecule has 0 unspecified atom stereocenters. The molecule has 33 heavy (non-hydrogen) atoms. The van der Waals surface area contributed by atoms with Crippen LogP contribution in [0.15, 0.2) is 41.8 Å². The fourth-order valence-electron chi connectivity index (χ4n) is 4.59. The molecule has 2 aliphatic heterocycles. The SMILES string of the molecule is Cc1ccc(NC(=O)N2CCC([C@@H](NC(=O)c3cccs3)C(=O)N3CCCCC3)CC2)cc1. The molecule has 0 saturated carbocycles. The molecule has 2 aliphatic rings. The minimum atomic E-state index is -0.556. The zero-order valence-corrected chi connectivity index (χ0v) is 19.9. The fraction of sp³-hybridized carbons (Fsp3) is 0.480. The second-order valence-electron chi connectivity index (χ2n) is 8.94. The van der Waals surface area contributed by atoms with Crippen molar-refractivity contribution in [3.8, 4) is 0 Å². The third kappa shape index (κ3) is 5.93. The summed E-state index contributed by atoms with van der Waals surface area (Å²) in [6.07, 6.45) is 4.51. The molecule has 0 bridgehead atoms. The normalized spacial score (nSPS) is 18.0. The number of amides is 4. The summed E-state index contributed by atoms with van der Waals surface area (Å²) in [4.78, 5) is 43.2. The summed E-state index contributed by atoms with van der Waals surface area (Å²) in [5.41, 5.74) is 1.91. The van der Waals surface area contributed by atoms with E-state index in [-0.39, 0.29) is 23.8 Å². The first-order valence-corrected chi connectivity index (χ1v) is 12.6. The molecule has 176 valence electrons. The highest BCUT2D eigenvalue weighted by Gasteiger charge is 2.36. The second kappa shape index (κ2) is 10.8. The van der Waals surface area contributed by atoms with E-state index in [4.69, 9.17) is 0 Å². The quantitative estimate of drug-likeness (QED) is 0.693. The monoisotopic (exact) mass is 468 g/mol. The van der Waals surface area contributed by atoms with Gasteiger partial charge in [-0.05, 0) is 68.5 Å². The van der Waals surface area contributed by atoms with E-state index >= 15 is 0 Å². The lowest BCUT2D eigenvalue weighted by molar-refractivity contribution is -0.136. The fourth-order valence-corrected chi connectivity index (χ4v) is 5.21. The summed E-state index contributed by atoms with van der Waals surface area (Å²) in [6.45, 7) is 4.63. The molecule has 1 aromatic carbocycles. The molecule has 7 nitrogen and oxygen atoms in total. The number of likely N-dealkylation sites (tertiary alicyclic amines) is 2. The van der Waals surface area contributed by atoms with Gasteiger partial charge in [-0.2, -0.15) is 0 Å². The van der Waals surface area contributed by atoms with Gasteiger partial charge in [0.1, 0.15) is 6.04 Å². The van der Waals surface area contributed by atoms with Gasteiger partial charge in [0.2, 0.25) is 5.91 Å². The molecule has 4 rings (SSSR count). The van der Waals surface area contributed by atoms with Gasteiger partial charge in [-0.3, -0.25) is 9.59 Å². The van der Waals surface area contributed by atoms with E-state index in [9.17, 15) is 14.4 Å². The number of rotatable bonds is 5. The van der Waals surface area contributed by atoms with Crippen LogP contribution in [0.1, 0.15) is 47.3 Å². The van der Waals surface area contributed by atoms with E-state index in [1.807, 2.05) is 47.5 Å². The van der Waals surface area contributed by atoms with Gasteiger partial charge in [0.15, 0.2) is 0 Å². The first-order valence-electron chi connectivity index (χ1n) is 11.8. The minimum Gasteiger partial charge on any atom is -0.341 e. The van der Waals surface area contributed by atoms with Crippen LogP contribution in [0.25, 0.3) is 0 Å². The number of carbonyl (C=O) groups excluding carboxylic acids is 3. The Morgan fingerprint density at radius 3 is 2.27 bits per heavy atom. The van der Waals surface area contributed by atoms with Crippen molar-refractivity contribution in [3.63, 3.8) is 0 Å². The number of anilines is 1. The van der Waals surface area contributed by atoms with Gasteiger partial charge in [0.05, 0.1) is 4.88 Å². The second-order valence-corrected chi connectivity index (χ2v) is 9.88. The van der Waals surface area contributed by atoms with Crippen LogP contribution in [-0.2, 0) is 4.79 Å². The van der Waals surface area contributed by atoms with Crippen molar-refractivity contribution in [2.24, 2.45) is 5.92 Å². The minimum absolute atomic E-state index is 0.00626. The van der Waals surface area contributed by atoms with Crippen molar-refractivity contribution in [2.75, 3.05) is 31.5 Å². The Balaban J connectivity index is 1.39. The molecule has 0 aliphatic carbocycles. The maximum absolute atomic E-state index is 13.4. The molecule has 4 amide bonds. The van der Waals surface area contributed by atoms with Crippen LogP contribution in [0.2, 0.25) is 0 Å². The topological polar surface area (TPSA) is 81.8 Å². The summed E-state index contributed by atoms with van der Waals surface area (Å²) in [5.74, 6) is -0.172. The van der Waals surface area contributed by atoms with Crippen molar-refractivity contribution in [2.45, 2.75) is 45.1 Å². The smallest absolute Gasteiger partial charge is 0.321 e. The number of urea groups is 1. The van der Waals surface area contributed by atoms with E-state index in [1.165, 1.54) is 11.3 Å². The third-order valence-electron chi connectivity index (χ3n) is 6.57. The lowest BCUT2D eigenvalue weighted by Gasteiger charge is -2.38. The molecule has 2 fully saturated rings. The van der Waals surface area contributed by atoms with Crippen LogP contribution in [0.4, 0.5) is 10.5 Å². The van der Waals surface area contributed by atoms with Crippen LogP contribution in [0, 0.1) is 12.8 Å². The van der Waals surface area contributed by atoms with Crippen LogP contribution in [0.5, 0.6) is 0 Å². The predicted molar refractivity (Wildman–Crippen MR) is 130 cm³/mol. The number of hydrogen-bond acceptors (Lipinski definition) is 4. The molecule has 8 heteroatoms. The van der Waals surface area contributed by atoms with Crippen molar-refractivity contribution < 1.29 is 14.4 Å². The Hall–Kier alpha value is -2.87. The number of piperidine rings is 2. The Labute approximate surface area is 199 Å². The third-order valence-corrected chi connectivity index (χ3v) is 7.44. The first kappa shape index (κ1) is 23.3. The lowest BCUT2D eigenvalue weighted by atomic mass is 9.88. The number of nitrogens with zero attached hydrogens (tertiary/aromatic N) is 2. The van der Waals surface area contributed by atoms with Gasteiger partial charge in [0, 0.05) is 31.9 Å². The van der Waals surface area contributed by atoms with E-state index < -0.39 is 6.04 Å². The highest BCUT2D eigenvalue weighted by molar-refractivity contribution is 7.12. The summed E-state index contributed by atoms with van der Waals surface area (Å²) in [7, 11) is 0. The van der Waals surface area contributed by atoms with Crippen LogP contribution < -0.4 is 10.6 Å². The lowest BCUT2D eigenvalue weighted by Crippen LogP contribution is -2.55. The zero-order chi connectivity index (χ0) is 23.2. The Bertz CT molecular complexity index is 947. The van der Waals surface area contributed by atoms with Gasteiger partial charge >= 0.3 is 6.03 Å². The Morgan fingerprint density at radius 2 is 1.64 bits per heavy atom. The number of thiophene rings is 1. The highest BCUT2D eigenvalue weighted by atomic mass is 32.1. The molecule has 1 aromatic heterocycles. The summed E-state index contributed by atoms with van der Waals surface area (Å²) in [5, 5.41) is 7.85. The number of benzene rings is 1. The van der Waals surface area contributed by atoms with E-state index in [0.717, 1.165) is 43.6 Å². The average molecular weight is 469 g/mol. The van der Waals surface area contributed by atoms with E-state index in [1.54, 1.807) is 11.0 Å². The number of aryl methyl sites for hydroxylation is 1. The zero-order valence-electron chi connectivity index (χ0n) is 19.1. The molecular weight excluding hydrogens is 436 g/mol. The van der Waals surface area contributed by atoms with E-state index in [0.29, 0.717) is 30.8 Å². The molecule has 2 aromatic rings. The first-order chi connectivity index (χ1) is 16.0.